The average molecular weight is 320 g/mol. The Morgan fingerprint density at radius 2 is 1.74 bits per heavy atom. The van der Waals surface area contributed by atoms with Gasteiger partial charge in [-0.25, -0.2) is 4.79 Å². The maximum absolute atomic E-state index is 11.7. The molecule has 130 valence electrons. The minimum atomic E-state index is -0.466. The number of hydrogen-bond donors (Lipinski definition) is 2. The van der Waals surface area contributed by atoms with Crippen LogP contribution < -0.4 is 10.6 Å². The minimum absolute atomic E-state index is 0.173. The van der Waals surface area contributed by atoms with E-state index in [2.05, 4.69) is 55.7 Å². The third kappa shape index (κ3) is 8.60. The number of carbonyl (C=O) groups is 1. The first-order chi connectivity index (χ1) is 10.6. The fourth-order valence-corrected chi connectivity index (χ4v) is 2.25. The van der Waals surface area contributed by atoms with Crippen molar-refractivity contribution in [1.29, 1.82) is 0 Å². The number of hydrogen-bond acceptors (Lipinski definition) is 3. The highest BCUT2D eigenvalue weighted by atomic mass is 16.6. The summed E-state index contributed by atoms with van der Waals surface area (Å²) < 4.78 is 5.26. The Bertz CT molecular complexity index is 478. The highest BCUT2D eigenvalue weighted by Crippen LogP contribution is 2.18. The highest BCUT2D eigenvalue weighted by Gasteiger charge is 2.21. The zero-order valence-electron chi connectivity index (χ0n) is 15.4. The summed E-state index contributed by atoms with van der Waals surface area (Å²) in [6, 6.07) is 10.5. The van der Waals surface area contributed by atoms with Crippen LogP contribution in [0.1, 0.15) is 59.4 Å². The van der Waals surface area contributed by atoms with E-state index in [1.165, 1.54) is 5.56 Å². The Kier molecular flexibility index (Phi) is 7.07. The normalized spacial score (nSPS) is 13.5. The molecule has 4 heteroatoms. The van der Waals surface area contributed by atoms with Crippen molar-refractivity contribution < 1.29 is 9.53 Å². The molecule has 0 spiro atoms. The van der Waals surface area contributed by atoms with Crippen molar-refractivity contribution in [3.63, 3.8) is 0 Å². The zero-order chi connectivity index (χ0) is 17.5. The molecule has 1 rings (SSSR count). The van der Waals surface area contributed by atoms with Crippen molar-refractivity contribution in [2.45, 2.75) is 65.0 Å². The van der Waals surface area contributed by atoms with Crippen LogP contribution in [-0.2, 0) is 4.74 Å². The van der Waals surface area contributed by atoms with Crippen LogP contribution in [0, 0.1) is 0 Å². The van der Waals surface area contributed by atoms with Crippen molar-refractivity contribution >= 4 is 6.09 Å². The zero-order valence-corrected chi connectivity index (χ0v) is 15.4. The van der Waals surface area contributed by atoms with E-state index in [0.717, 1.165) is 13.0 Å². The van der Waals surface area contributed by atoms with E-state index in [1.807, 2.05) is 26.8 Å². The maximum atomic E-state index is 11.7. The van der Waals surface area contributed by atoms with Crippen LogP contribution in [0.3, 0.4) is 0 Å². The van der Waals surface area contributed by atoms with Gasteiger partial charge in [-0.05, 0) is 59.1 Å². The Hall–Kier alpha value is -1.55. The molecular weight excluding hydrogens is 288 g/mol. The van der Waals surface area contributed by atoms with Crippen LogP contribution in [0.25, 0.3) is 0 Å². The average Bonchev–Trinajstić information content (AvgIpc) is 2.44. The number of benzene rings is 1. The van der Waals surface area contributed by atoms with Gasteiger partial charge in [-0.3, -0.25) is 0 Å². The van der Waals surface area contributed by atoms with Crippen molar-refractivity contribution in [3.05, 3.63) is 35.9 Å². The van der Waals surface area contributed by atoms with Crippen LogP contribution in [0.2, 0.25) is 0 Å². The molecule has 1 unspecified atom stereocenters. The van der Waals surface area contributed by atoms with Crippen LogP contribution in [0.5, 0.6) is 0 Å². The van der Waals surface area contributed by atoms with Gasteiger partial charge in [-0.15, -0.1) is 0 Å². The Morgan fingerprint density at radius 1 is 1.13 bits per heavy atom. The van der Waals surface area contributed by atoms with Crippen LogP contribution in [0.15, 0.2) is 30.3 Å². The quantitative estimate of drug-likeness (QED) is 0.796. The van der Waals surface area contributed by atoms with Gasteiger partial charge in [0.25, 0.3) is 0 Å². The van der Waals surface area contributed by atoms with Crippen molar-refractivity contribution in [2.75, 3.05) is 13.1 Å². The predicted octanol–water partition coefficient (Wildman–Crippen LogP) is 4.07. The summed E-state index contributed by atoms with van der Waals surface area (Å²) in [4.78, 5) is 11.7. The van der Waals surface area contributed by atoms with Crippen molar-refractivity contribution in [1.82, 2.24) is 10.6 Å². The summed E-state index contributed by atoms with van der Waals surface area (Å²) in [7, 11) is 0. The molecule has 1 amide bonds. The standard InChI is InChI=1S/C19H32N2O2/c1-15(16-10-8-7-9-11-16)12-13-21-19(5,6)14-20-17(22)23-18(2,3)4/h7-11,15,21H,12-14H2,1-6H3,(H,20,22). The van der Waals surface area contributed by atoms with Gasteiger partial charge < -0.3 is 15.4 Å². The van der Waals surface area contributed by atoms with E-state index in [4.69, 9.17) is 4.74 Å². The number of ether oxygens (including phenoxy) is 1. The summed E-state index contributed by atoms with van der Waals surface area (Å²) in [6.07, 6.45) is 0.685. The molecular formula is C19H32N2O2. The lowest BCUT2D eigenvalue weighted by atomic mass is 9.97. The fraction of sp³-hybridized carbons (Fsp3) is 0.632. The van der Waals surface area contributed by atoms with Gasteiger partial charge in [0.05, 0.1) is 0 Å². The molecule has 1 aromatic rings. The lowest BCUT2D eigenvalue weighted by molar-refractivity contribution is 0.0513. The van der Waals surface area contributed by atoms with Crippen LogP contribution in [-0.4, -0.2) is 30.3 Å². The molecule has 0 saturated carbocycles. The third-order valence-corrected chi connectivity index (χ3v) is 3.62. The summed E-state index contributed by atoms with van der Waals surface area (Å²) >= 11 is 0. The highest BCUT2D eigenvalue weighted by molar-refractivity contribution is 5.67. The second kappa shape index (κ2) is 8.34. The monoisotopic (exact) mass is 320 g/mol. The summed E-state index contributed by atoms with van der Waals surface area (Å²) in [6.45, 7) is 13.4. The van der Waals surface area contributed by atoms with Gasteiger partial charge in [0.15, 0.2) is 0 Å². The SMILES string of the molecule is CC(CCNC(C)(C)CNC(=O)OC(C)(C)C)c1ccccc1. The number of carbonyl (C=O) groups excluding carboxylic acids is 1. The largest absolute Gasteiger partial charge is 0.444 e. The number of alkyl carbamates (subject to hydrolysis) is 1. The van der Waals surface area contributed by atoms with Gasteiger partial charge in [-0.2, -0.15) is 0 Å². The smallest absolute Gasteiger partial charge is 0.407 e. The molecule has 0 fully saturated rings. The molecule has 0 aromatic heterocycles. The van der Waals surface area contributed by atoms with E-state index in [-0.39, 0.29) is 11.6 Å². The summed E-state index contributed by atoms with van der Waals surface area (Å²) in [5.74, 6) is 0.512. The fourth-order valence-electron chi connectivity index (χ4n) is 2.25. The van der Waals surface area contributed by atoms with Gasteiger partial charge >= 0.3 is 6.09 Å². The van der Waals surface area contributed by atoms with E-state index in [0.29, 0.717) is 12.5 Å². The van der Waals surface area contributed by atoms with E-state index < -0.39 is 5.60 Å². The minimum Gasteiger partial charge on any atom is -0.444 e. The molecule has 0 radical (unpaired) electrons. The topological polar surface area (TPSA) is 50.4 Å². The second-order valence-corrected chi connectivity index (χ2v) is 7.77. The molecule has 0 aliphatic carbocycles. The molecule has 0 bridgehead atoms. The molecule has 2 N–H and O–H groups in total. The van der Waals surface area contributed by atoms with Gasteiger partial charge in [-0.1, -0.05) is 37.3 Å². The molecule has 1 aromatic carbocycles. The summed E-state index contributed by atoms with van der Waals surface area (Å²) in [5, 5.41) is 6.33. The van der Waals surface area contributed by atoms with E-state index in [9.17, 15) is 4.79 Å². The Balaban J connectivity index is 2.31. The second-order valence-electron chi connectivity index (χ2n) is 7.77. The molecule has 0 aliphatic heterocycles. The Labute approximate surface area is 141 Å². The van der Waals surface area contributed by atoms with E-state index in [1.54, 1.807) is 0 Å². The van der Waals surface area contributed by atoms with E-state index >= 15 is 0 Å². The lowest BCUT2D eigenvalue weighted by Crippen LogP contribution is -2.50. The Morgan fingerprint density at radius 3 is 2.30 bits per heavy atom. The van der Waals surface area contributed by atoms with Gasteiger partial charge in [0.2, 0.25) is 0 Å². The van der Waals surface area contributed by atoms with Crippen LogP contribution in [0.4, 0.5) is 4.79 Å². The first-order valence-electron chi connectivity index (χ1n) is 8.36. The first kappa shape index (κ1) is 19.5. The van der Waals surface area contributed by atoms with Gasteiger partial charge in [0, 0.05) is 12.1 Å². The van der Waals surface area contributed by atoms with Crippen molar-refractivity contribution in [3.8, 4) is 0 Å². The molecule has 0 aliphatic rings. The predicted molar refractivity (Wildman–Crippen MR) is 95.8 cm³/mol. The first-order valence-corrected chi connectivity index (χ1v) is 8.36. The molecule has 4 nitrogen and oxygen atoms in total. The third-order valence-electron chi connectivity index (χ3n) is 3.62. The molecule has 23 heavy (non-hydrogen) atoms. The number of rotatable bonds is 7. The lowest BCUT2D eigenvalue weighted by Gasteiger charge is -2.28. The molecule has 0 saturated heterocycles. The van der Waals surface area contributed by atoms with Crippen LogP contribution >= 0.6 is 0 Å². The summed E-state index contributed by atoms with van der Waals surface area (Å²) in [5.41, 5.74) is 0.721. The van der Waals surface area contributed by atoms with Gasteiger partial charge in [0.1, 0.15) is 5.60 Å². The number of nitrogens with one attached hydrogen (secondary N) is 2. The van der Waals surface area contributed by atoms with Crippen molar-refractivity contribution in [2.24, 2.45) is 0 Å². The molecule has 1 atom stereocenters. The maximum Gasteiger partial charge on any atom is 0.407 e. The molecule has 0 heterocycles. The number of amides is 1.